The van der Waals surface area contributed by atoms with Crippen molar-refractivity contribution in [3.05, 3.63) is 81.9 Å². The van der Waals surface area contributed by atoms with Crippen molar-refractivity contribution in [3.8, 4) is 0 Å². The summed E-state index contributed by atoms with van der Waals surface area (Å²) in [6, 6.07) is 16.7. The lowest BCUT2D eigenvalue weighted by Crippen LogP contribution is -2.30. The van der Waals surface area contributed by atoms with Gasteiger partial charge in [-0.2, -0.15) is 0 Å². The van der Waals surface area contributed by atoms with Gasteiger partial charge in [-0.1, -0.05) is 35.0 Å². The van der Waals surface area contributed by atoms with Gasteiger partial charge in [0, 0.05) is 23.8 Å². The molecule has 0 atom stereocenters. The van der Waals surface area contributed by atoms with Gasteiger partial charge in [0.1, 0.15) is 11.1 Å². The van der Waals surface area contributed by atoms with E-state index in [1.54, 1.807) is 12.1 Å². The number of benzene rings is 2. The van der Waals surface area contributed by atoms with Crippen molar-refractivity contribution in [1.82, 2.24) is 0 Å². The Morgan fingerprint density at radius 3 is 2.28 bits per heavy atom. The summed E-state index contributed by atoms with van der Waals surface area (Å²) in [6.45, 7) is 4.30. The van der Waals surface area contributed by atoms with Crippen LogP contribution < -0.4 is 0 Å². The van der Waals surface area contributed by atoms with Crippen LogP contribution in [0.1, 0.15) is 25.0 Å². The van der Waals surface area contributed by atoms with Crippen LogP contribution in [0.4, 0.5) is 5.69 Å². The summed E-state index contributed by atoms with van der Waals surface area (Å²) in [7, 11) is 1.94. The van der Waals surface area contributed by atoms with Gasteiger partial charge in [0.25, 0.3) is 5.69 Å². The van der Waals surface area contributed by atoms with Gasteiger partial charge in [-0.15, -0.1) is 0 Å². The Labute approximate surface area is 146 Å². The first-order chi connectivity index (χ1) is 11.9. The van der Waals surface area contributed by atoms with Gasteiger partial charge in [0.2, 0.25) is 5.71 Å². The largest absolute Gasteiger partial charge is 0.269 e. The van der Waals surface area contributed by atoms with E-state index in [-0.39, 0.29) is 11.1 Å². The Bertz CT molecular complexity index is 892. The van der Waals surface area contributed by atoms with Gasteiger partial charge < -0.3 is 0 Å². The Kier molecular flexibility index (Phi) is 4.31. The second-order valence-electron chi connectivity index (χ2n) is 6.53. The SMILES string of the molecule is C[N+]1=C(C=Cc2ccc([N+](=O)[O-])cc2)C(C)(C)C(c2ccccc2)=N1. The number of hydrogen-bond donors (Lipinski definition) is 0. The van der Waals surface area contributed by atoms with Crippen molar-refractivity contribution in [2.45, 2.75) is 13.8 Å². The summed E-state index contributed by atoms with van der Waals surface area (Å²) in [5.74, 6) is 0. The average Bonchev–Trinajstić information content (AvgIpc) is 2.83. The molecule has 0 unspecified atom stereocenters. The molecule has 5 heteroatoms. The molecule has 1 aliphatic rings. The number of nitro benzene ring substituents is 1. The first-order valence-corrected chi connectivity index (χ1v) is 8.08. The number of allylic oxidation sites excluding steroid dienone is 1. The molecule has 2 aromatic rings. The molecular weight excluding hydrogens is 314 g/mol. The molecule has 0 N–H and O–H groups in total. The number of nitrogens with zero attached hydrogens (tertiary/aromatic N) is 3. The molecule has 0 saturated heterocycles. The third-order valence-electron chi connectivity index (χ3n) is 4.42. The van der Waals surface area contributed by atoms with E-state index in [4.69, 9.17) is 5.10 Å². The van der Waals surface area contributed by atoms with Crippen LogP contribution in [0.15, 0.2) is 65.8 Å². The zero-order valence-electron chi connectivity index (χ0n) is 14.5. The molecule has 0 spiro atoms. The molecular formula is C20H20N3O2+. The maximum atomic E-state index is 10.7. The lowest BCUT2D eigenvalue weighted by atomic mass is 9.79. The van der Waals surface area contributed by atoms with E-state index in [2.05, 4.69) is 26.0 Å². The van der Waals surface area contributed by atoms with Crippen molar-refractivity contribution in [2.24, 2.45) is 10.5 Å². The van der Waals surface area contributed by atoms with Gasteiger partial charge in [0.05, 0.1) is 4.92 Å². The normalized spacial score (nSPS) is 16.4. The van der Waals surface area contributed by atoms with E-state index in [0.29, 0.717) is 0 Å². The number of hydrazone groups is 1. The fourth-order valence-corrected chi connectivity index (χ4v) is 3.07. The van der Waals surface area contributed by atoms with Crippen molar-refractivity contribution in [1.29, 1.82) is 0 Å². The fourth-order valence-electron chi connectivity index (χ4n) is 3.07. The second-order valence-corrected chi connectivity index (χ2v) is 6.53. The minimum Gasteiger partial charge on any atom is -0.258 e. The highest BCUT2D eigenvalue weighted by molar-refractivity contribution is 6.21. The standard InChI is InChI=1S/C20H20N3O2/c1-20(2)18(14-11-15-9-12-17(13-10-15)23(24)25)22(3)21-19(20)16-7-5-4-6-8-16/h4-14H,1-3H3/q+1. The van der Waals surface area contributed by atoms with Crippen molar-refractivity contribution in [3.63, 3.8) is 0 Å². The first kappa shape index (κ1) is 16.8. The van der Waals surface area contributed by atoms with Crippen LogP contribution in [0.2, 0.25) is 0 Å². The van der Waals surface area contributed by atoms with Crippen LogP contribution >= 0.6 is 0 Å². The smallest absolute Gasteiger partial charge is 0.258 e. The highest BCUT2D eigenvalue weighted by Crippen LogP contribution is 2.30. The van der Waals surface area contributed by atoms with Crippen LogP contribution in [0.3, 0.4) is 0 Å². The summed E-state index contributed by atoms with van der Waals surface area (Å²) in [6.07, 6.45) is 3.99. The average molecular weight is 334 g/mol. The molecule has 2 aromatic carbocycles. The summed E-state index contributed by atoms with van der Waals surface area (Å²) in [5.41, 5.74) is 3.99. The molecule has 0 aliphatic carbocycles. The lowest BCUT2D eigenvalue weighted by Gasteiger charge is -2.16. The van der Waals surface area contributed by atoms with Crippen LogP contribution in [0.25, 0.3) is 6.08 Å². The number of non-ortho nitro benzene ring substituents is 1. The monoisotopic (exact) mass is 334 g/mol. The molecule has 0 fully saturated rings. The van der Waals surface area contributed by atoms with Crippen LogP contribution in [-0.2, 0) is 0 Å². The summed E-state index contributed by atoms with van der Waals surface area (Å²) >= 11 is 0. The van der Waals surface area contributed by atoms with Crippen molar-refractivity contribution >= 4 is 23.2 Å². The highest BCUT2D eigenvalue weighted by atomic mass is 16.6. The molecule has 0 saturated carbocycles. The number of hydrogen-bond acceptors (Lipinski definition) is 3. The maximum absolute atomic E-state index is 10.7. The van der Waals surface area contributed by atoms with Crippen molar-refractivity contribution < 1.29 is 9.61 Å². The quantitative estimate of drug-likeness (QED) is 0.479. The van der Waals surface area contributed by atoms with Gasteiger partial charge in [0.15, 0.2) is 7.05 Å². The van der Waals surface area contributed by atoms with Crippen LogP contribution in [0, 0.1) is 15.5 Å². The Morgan fingerprint density at radius 2 is 1.68 bits per heavy atom. The molecule has 126 valence electrons. The topological polar surface area (TPSA) is 58.5 Å². The Balaban J connectivity index is 1.86. The third-order valence-corrected chi connectivity index (χ3v) is 4.42. The lowest BCUT2D eigenvalue weighted by molar-refractivity contribution is -0.499. The molecule has 1 aliphatic heterocycles. The molecule has 5 nitrogen and oxygen atoms in total. The minimum absolute atomic E-state index is 0.0952. The Hall–Kier alpha value is -3.08. The number of nitro groups is 1. The predicted molar refractivity (Wildman–Crippen MR) is 100 cm³/mol. The molecule has 0 bridgehead atoms. The van der Waals surface area contributed by atoms with Gasteiger partial charge >= 0.3 is 0 Å². The van der Waals surface area contributed by atoms with E-state index < -0.39 is 4.92 Å². The zero-order chi connectivity index (χ0) is 18.0. The molecule has 0 radical (unpaired) electrons. The van der Waals surface area contributed by atoms with E-state index in [0.717, 1.165) is 22.6 Å². The zero-order valence-corrected chi connectivity index (χ0v) is 14.5. The van der Waals surface area contributed by atoms with E-state index in [9.17, 15) is 10.1 Å². The highest BCUT2D eigenvalue weighted by Gasteiger charge is 2.43. The van der Waals surface area contributed by atoms with Crippen LogP contribution in [0.5, 0.6) is 0 Å². The fraction of sp³-hybridized carbons (Fsp3) is 0.200. The molecule has 0 amide bonds. The van der Waals surface area contributed by atoms with Gasteiger partial charge in [-0.05, 0) is 42.7 Å². The minimum atomic E-state index is -0.393. The summed E-state index contributed by atoms with van der Waals surface area (Å²) < 4.78 is 1.89. The molecule has 3 rings (SSSR count). The van der Waals surface area contributed by atoms with E-state index >= 15 is 0 Å². The van der Waals surface area contributed by atoms with E-state index in [1.165, 1.54) is 12.1 Å². The third kappa shape index (κ3) is 3.26. The van der Waals surface area contributed by atoms with Gasteiger partial charge in [-0.3, -0.25) is 10.1 Å². The molecule has 1 heterocycles. The first-order valence-electron chi connectivity index (χ1n) is 8.08. The molecule has 0 aromatic heterocycles. The van der Waals surface area contributed by atoms with Crippen molar-refractivity contribution in [2.75, 3.05) is 7.05 Å². The summed E-state index contributed by atoms with van der Waals surface area (Å²) in [5, 5.41) is 15.5. The Morgan fingerprint density at radius 1 is 1.04 bits per heavy atom. The van der Waals surface area contributed by atoms with Crippen LogP contribution in [-0.4, -0.2) is 28.1 Å². The van der Waals surface area contributed by atoms with Gasteiger partial charge in [-0.25, -0.2) is 0 Å². The summed E-state index contributed by atoms with van der Waals surface area (Å²) in [4.78, 5) is 10.3. The second kappa shape index (κ2) is 6.43. The molecule has 25 heavy (non-hydrogen) atoms. The predicted octanol–water partition coefficient (Wildman–Crippen LogP) is 4.14. The maximum Gasteiger partial charge on any atom is 0.269 e. The number of rotatable bonds is 4. The van der Waals surface area contributed by atoms with E-state index in [1.807, 2.05) is 42.1 Å².